The Morgan fingerprint density at radius 1 is 1.47 bits per heavy atom. The summed E-state index contributed by atoms with van der Waals surface area (Å²) in [7, 11) is 1.64. The Hall–Kier alpha value is -0.610. The molecular formula is C11H24N2O2. The lowest BCUT2D eigenvalue weighted by Gasteiger charge is -2.27. The SMILES string of the molecule is CCN(CCOC)C(=O)C(CN)C(C)C. The standard InChI is InChI=1S/C11H24N2O2/c1-5-13(6-7-15-4)11(14)10(8-12)9(2)3/h9-10H,5-8,12H2,1-4H3. The number of carbonyl (C=O) groups excluding carboxylic acids is 1. The Morgan fingerprint density at radius 2 is 2.07 bits per heavy atom. The van der Waals surface area contributed by atoms with Crippen LogP contribution < -0.4 is 5.73 Å². The summed E-state index contributed by atoms with van der Waals surface area (Å²) in [4.78, 5) is 13.8. The number of likely N-dealkylation sites (N-methyl/N-ethyl adjacent to an activating group) is 1. The molecule has 0 aromatic carbocycles. The Labute approximate surface area is 92.8 Å². The molecule has 4 heteroatoms. The van der Waals surface area contributed by atoms with Crippen molar-refractivity contribution >= 4 is 5.91 Å². The third-order valence-corrected chi connectivity index (χ3v) is 2.63. The van der Waals surface area contributed by atoms with Gasteiger partial charge >= 0.3 is 0 Å². The first-order valence-corrected chi connectivity index (χ1v) is 5.56. The summed E-state index contributed by atoms with van der Waals surface area (Å²) in [6.07, 6.45) is 0. The van der Waals surface area contributed by atoms with Gasteiger partial charge in [-0.05, 0) is 12.8 Å². The number of hydrogen-bond acceptors (Lipinski definition) is 3. The Balaban J connectivity index is 4.33. The molecule has 0 aromatic rings. The molecule has 0 rings (SSSR count). The van der Waals surface area contributed by atoms with Gasteiger partial charge in [0.05, 0.1) is 12.5 Å². The molecule has 0 aromatic heterocycles. The second kappa shape index (κ2) is 7.65. The van der Waals surface area contributed by atoms with Crippen LogP contribution in [0.4, 0.5) is 0 Å². The number of carbonyl (C=O) groups is 1. The first-order chi connectivity index (χ1) is 7.08. The maximum atomic E-state index is 12.0. The fourth-order valence-electron chi connectivity index (χ4n) is 1.52. The zero-order chi connectivity index (χ0) is 11.8. The highest BCUT2D eigenvalue weighted by molar-refractivity contribution is 5.79. The van der Waals surface area contributed by atoms with Crippen LogP contribution in [0.5, 0.6) is 0 Å². The normalized spacial score (nSPS) is 12.9. The van der Waals surface area contributed by atoms with E-state index in [9.17, 15) is 4.79 Å². The summed E-state index contributed by atoms with van der Waals surface area (Å²) < 4.78 is 4.97. The predicted molar refractivity (Wildman–Crippen MR) is 61.5 cm³/mol. The summed E-state index contributed by atoms with van der Waals surface area (Å²) in [5, 5.41) is 0. The Morgan fingerprint density at radius 3 is 2.40 bits per heavy atom. The van der Waals surface area contributed by atoms with Crippen LogP contribution in [-0.4, -0.2) is 44.2 Å². The highest BCUT2D eigenvalue weighted by atomic mass is 16.5. The number of hydrogen-bond donors (Lipinski definition) is 1. The largest absolute Gasteiger partial charge is 0.383 e. The van der Waals surface area contributed by atoms with Crippen molar-refractivity contribution in [2.75, 3.05) is 33.4 Å². The van der Waals surface area contributed by atoms with Gasteiger partial charge in [-0.15, -0.1) is 0 Å². The van der Waals surface area contributed by atoms with Gasteiger partial charge in [-0.2, -0.15) is 0 Å². The minimum Gasteiger partial charge on any atom is -0.383 e. The van der Waals surface area contributed by atoms with Gasteiger partial charge in [-0.1, -0.05) is 13.8 Å². The van der Waals surface area contributed by atoms with E-state index in [1.165, 1.54) is 0 Å². The molecule has 0 aliphatic rings. The molecule has 0 heterocycles. The van der Waals surface area contributed by atoms with Crippen LogP contribution in [0.1, 0.15) is 20.8 Å². The zero-order valence-corrected chi connectivity index (χ0v) is 10.3. The van der Waals surface area contributed by atoms with Crippen LogP contribution in [0.2, 0.25) is 0 Å². The van der Waals surface area contributed by atoms with Gasteiger partial charge < -0.3 is 15.4 Å². The van der Waals surface area contributed by atoms with Crippen LogP contribution in [-0.2, 0) is 9.53 Å². The van der Waals surface area contributed by atoms with Crippen molar-refractivity contribution in [1.29, 1.82) is 0 Å². The van der Waals surface area contributed by atoms with Crippen molar-refractivity contribution in [3.8, 4) is 0 Å². The van der Waals surface area contributed by atoms with Crippen LogP contribution in [0.25, 0.3) is 0 Å². The van der Waals surface area contributed by atoms with Gasteiger partial charge in [0.25, 0.3) is 0 Å². The average Bonchev–Trinajstić information content (AvgIpc) is 2.19. The van der Waals surface area contributed by atoms with Crippen molar-refractivity contribution in [2.45, 2.75) is 20.8 Å². The van der Waals surface area contributed by atoms with Crippen molar-refractivity contribution in [3.05, 3.63) is 0 Å². The van der Waals surface area contributed by atoms with Gasteiger partial charge in [-0.25, -0.2) is 0 Å². The van der Waals surface area contributed by atoms with Gasteiger partial charge in [0.2, 0.25) is 5.91 Å². The third-order valence-electron chi connectivity index (χ3n) is 2.63. The average molecular weight is 216 g/mol. The van der Waals surface area contributed by atoms with Crippen LogP contribution in [0, 0.1) is 11.8 Å². The molecule has 2 N–H and O–H groups in total. The molecule has 0 saturated carbocycles. The number of ether oxygens (including phenoxy) is 1. The van der Waals surface area contributed by atoms with Crippen molar-refractivity contribution in [3.63, 3.8) is 0 Å². The molecule has 0 aliphatic heterocycles. The zero-order valence-electron chi connectivity index (χ0n) is 10.3. The molecule has 0 spiro atoms. The second-order valence-corrected chi connectivity index (χ2v) is 4.00. The molecule has 4 nitrogen and oxygen atoms in total. The predicted octanol–water partition coefficient (Wildman–Crippen LogP) is 0.712. The molecule has 1 unspecified atom stereocenters. The Bertz CT molecular complexity index is 183. The van der Waals surface area contributed by atoms with E-state index in [1.807, 2.05) is 20.8 Å². The van der Waals surface area contributed by atoms with E-state index < -0.39 is 0 Å². The number of amides is 1. The highest BCUT2D eigenvalue weighted by Crippen LogP contribution is 2.12. The maximum absolute atomic E-state index is 12.0. The van der Waals surface area contributed by atoms with Crippen LogP contribution >= 0.6 is 0 Å². The fraction of sp³-hybridized carbons (Fsp3) is 0.909. The second-order valence-electron chi connectivity index (χ2n) is 4.00. The summed E-state index contributed by atoms with van der Waals surface area (Å²) in [5.41, 5.74) is 5.62. The number of rotatable bonds is 7. The van der Waals surface area contributed by atoms with E-state index in [1.54, 1.807) is 12.0 Å². The molecule has 90 valence electrons. The summed E-state index contributed by atoms with van der Waals surface area (Å²) >= 11 is 0. The van der Waals surface area contributed by atoms with E-state index in [-0.39, 0.29) is 11.8 Å². The van der Waals surface area contributed by atoms with Gasteiger partial charge in [0.15, 0.2) is 0 Å². The van der Waals surface area contributed by atoms with Crippen molar-refractivity contribution in [1.82, 2.24) is 4.90 Å². The molecule has 1 atom stereocenters. The first kappa shape index (κ1) is 14.4. The summed E-state index contributed by atoms with van der Waals surface area (Å²) in [6, 6.07) is 0. The quantitative estimate of drug-likeness (QED) is 0.682. The Kier molecular flexibility index (Phi) is 7.34. The first-order valence-electron chi connectivity index (χ1n) is 5.56. The van der Waals surface area contributed by atoms with Crippen LogP contribution in [0.15, 0.2) is 0 Å². The fourth-order valence-corrected chi connectivity index (χ4v) is 1.52. The number of nitrogens with two attached hydrogens (primary N) is 1. The monoisotopic (exact) mass is 216 g/mol. The molecule has 0 bridgehead atoms. The highest BCUT2D eigenvalue weighted by Gasteiger charge is 2.24. The van der Waals surface area contributed by atoms with E-state index in [2.05, 4.69) is 0 Å². The molecule has 0 aliphatic carbocycles. The van der Waals surface area contributed by atoms with E-state index >= 15 is 0 Å². The number of methoxy groups -OCH3 is 1. The van der Waals surface area contributed by atoms with Crippen molar-refractivity contribution < 1.29 is 9.53 Å². The third kappa shape index (κ3) is 4.62. The lowest BCUT2D eigenvalue weighted by Crippen LogP contribution is -2.42. The van der Waals surface area contributed by atoms with E-state index in [0.29, 0.717) is 32.2 Å². The molecule has 1 amide bonds. The molecule has 0 radical (unpaired) electrons. The maximum Gasteiger partial charge on any atom is 0.227 e. The van der Waals surface area contributed by atoms with E-state index in [4.69, 9.17) is 10.5 Å². The molecule has 0 fully saturated rings. The molecule has 0 saturated heterocycles. The lowest BCUT2D eigenvalue weighted by molar-refractivity contribution is -0.137. The summed E-state index contributed by atoms with van der Waals surface area (Å²) in [6.45, 7) is 8.38. The smallest absolute Gasteiger partial charge is 0.227 e. The van der Waals surface area contributed by atoms with Gasteiger partial charge in [-0.3, -0.25) is 4.79 Å². The van der Waals surface area contributed by atoms with Gasteiger partial charge in [0.1, 0.15) is 0 Å². The minimum absolute atomic E-state index is 0.0678. The molecular weight excluding hydrogens is 192 g/mol. The lowest BCUT2D eigenvalue weighted by atomic mass is 9.94. The van der Waals surface area contributed by atoms with Gasteiger partial charge in [0, 0.05) is 26.7 Å². The minimum atomic E-state index is -0.0678. The van der Waals surface area contributed by atoms with E-state index in [0.717, 1.165) is 0 Å². The van der Waals surface area contributed by atoms with Crippen molar-refractivity contribution in [2.24, 2.45) is 17.6 Å². The van der Waals surface area contributed by atoms with Crippen LogP contribution in [0.3, 0.4) is 0 Å². The summed E-state index contributed by atoms with van der Waals surface area (Å²) in [5.74, 6) is 0.368. The number of nitrogens with zero attached hydrogens (tertiary/aromatic N) is 1. The molecule has 15 heavy (non-hydrogen) atoms. The topological polar surface area (TPSA) is 55.6 Å².